The van der Waals surface area contributed by atoms with Gasteiger partial charge in [0.15, 0.2) is 5.13 Å². The first kappa shape index (κ1) is 13.8. The number of aromatic nitrogens is 1. The molecule has 0 aliphatic carbocycles. The van der Waals surface area contributed by atoms with Crippen LogP contribution in [0.1, 0.15) is 13.3 Å². The van der Waals surface area contributed by atoms with E-state index >= 15 is 0 Å². The summed E-state index contributed by atoms with van der Waals surface area (Å²) in [5, 5.41) is 3.37. The number of anilines is 1. The van der Waals surface area contributed by atoms with Crippen molar-refractivity contribution < 1.29 is 14.3 Å². The lowest BCUT2D eigenvalue weighted by Crippen LogP contribution is -2.13. The molecular weight excluding hydrogens is 264 g/mol. The Morgan fingerprint density at radius 3 is 3.05 bits per heavy atom. The van der Waals surface area contributed by atoms with Gasteiger partial charge >= 0.3 is 0 Å². The van der Waals surface area contributed by atoms with Crippen molar-refractivity contribution in [1.29, 1.82) is 0 Å². The number of nitrogens with one attached hydrogen (secondary N) is 1. The third-order valence-corrected chi connectivity index (χ3v) is 3.38. The number of benzene rings is 1. The number of hydrogen-bond donors (Lipinski definition) is 1. The highest BCUT2D eigenvalue weighted by molar-refractivity contribution is 7.22. The van der Waals surface area contributed by atoms with Gasteiger partial charge in [-0.15, -0.1) is 0 Å². The van der Waals surface area contributed by atoms with Crippen molar-refractivity contribution in [2.75, 3.05) is 25.6 Å². The molecule has 1 aromatic heterocycles. The van der Waals surface area contributed by atoms with Crippen LogP contribution in [0.2, 0.25) is 0 Å². The molecule has 5 nitrogen and oxygen atoms in total. The van der Waals surface area contributed by atoms with Crippen LogP contribution in [0.15, 0.2) is 18.2 Å². The Hall–Kier alpha value is -1.66. The van der Waals surface area contributed by atoms with Gasteiger partial charge < -0.3 is 14.8 Å². The first-order valence-corrected chi connectivity index (χ1v) is 6.86. The number of amides is 1. The van der Waals surface area contributed by atoms with Gasteiger partial charge in [-0.05, 0) is 25.1 Å². The van der Waals surface area contributed by atoms with Gasteiger partial charge in [0.2, 0.25) is 5.91 Å². The predicted molar refractivity (Wildman–Crippen MR) is 75.9 cm³/mol. The van der Waals surface area contributed by atoms with Gasteiger partial charge in [-0.25, -0.2) is 4.98 Å². The zero-order valence-electron chi connectivity index (χ0n) is 10.9. The van der Waals surface area contributed by atoms with Gasteiger partial charge in [0.1, 0.15) is 5.75 Å². The Bertz CT molecular complexity index is 568. The fourth-order valence-corrected chi connectivity index (χ4v) is 2.50. The second kappa shape index (κ2) is 6.49. The van der Waals surface area contributed by atoms with Gasteiger partial charge in [0.25, 0.3) is 0 Å². The number of thiazole rings is 1. The number of methoxy groups -OCH3 is 1. The summed E-state index contributed by atoms with van der Waals surface area (Å²) in [5.74, 6) is 0.724. The van der Waals surface area contributed by atoms with E-state index in [1.807, 2.05) is 25.1 Å². The van der Waals surface area contributed by atoms with E-state index < -0.39 is 0 Å². The van der Waals surface area contributed by atoms with Gasteiger partial charge in [-0.1, -0.05) is 11.3 Å². The average molecular weight is 280 g/mol. The van der Waals surface area contributed by atoms with Crippen LogP contribution in [0, 0.1) is 0 Å². The molecule has 1 N–H and O–H groups in total. The van der Waals surface area contributed by atoms with Crippen molar-refractivity contribution in [3.8, 4) is 5.75 Å². The SMILES string of the molecule is CCOc1ccc2nc(NC(=O)CCOC)sc2c1. The second-order valence-corrected chi connectivity index (χ2v) is 4.90. The van der Waals surface area contributed by atoms with E-state index in [0.717, 1.165) is 16.0 Å². The Balaban J connectivity index is 2.10. The highest BCUT2D eigenvalue weighted by Crippen LogP contribution is 2.29. The number of carbonyl (C=O) groups is 1. The summed E-state index contributed by atoms with van der Waals surface area (Å²) in [6.45, 7) is 2.98. The maximum absolute atomic E-state index is 11.6. The zero-order chi connectivity index (χ0) is 13.7. The third kappa shape index (κ3) is 3.65. The molecule has 0 saturated heterocycles. The minimum absolute atomic E-state index is 0.0917. The normalized spacial score (nSPS) is 10.6. The Morgan fingerprint density at radius 1 is 1.47 bits per heavy atom. The van der Waals surface area contributed by atoms with Crippen molar-refractivity contribution in [3.05, 3.63) is 18.2 Å². The molecular formula is C13H16N2O3S. The standard InChI is InChI=1S/C13H16N2O3S/c1-3-18-9-4-5-10-11(8-9)19-13(14-10)15-12(16)6-7-17-2/h4-5,8H,3,6-7H2,1-2H3,(H,14,15,16). The summed E-state index contributed by atoms with van der Waals surface area (Å²) in [5.41, 5.74) is 0.857. The van der Waals surface area contributed by atoms with Crippen LogP contribution in [0.4, 0.5) is 5.13 Å². The van der Waals surface area contributed by atoms with Crippen molar-refractivity contribution in [2.45, 2.75) is 13.3 Å². The van der Waals surface area contributed by atoms with E-state index in [0.29, 0.717) is 24.8 Å². The van der Waals surface area contributed by atoms with E-state index in [2.05, 4.69) is 10.3 Å². The van der Waals surface area contributed by atoms with Gasteiger partial charge in [-0.3, -0.25) is 4.79 Å². The molecule has 0 atom stereocenters. The smallest absolute Gasteiger partial charge is 0.228 e. The number of fused-ring (bicyclic) bond motifs is 1. The third-order valence-electron chi connectivity index (χ3n) is 2.45. The minimum Gasteiger partial charge on any atom is -0.494 e. The molecule has 0 fully saturated rings. The molecule has 0 bridgehead atoms. The van der Waals surface area contributed by atoms with E-state index in [4.69, 9.17) is 9.47 Å². The second-order valence-electron chi connectivity index (χ2n) is 3.87. The summed E-state index contributed by atoms with van der Waals surface area (Å²) in [6.07, 6.45) is 0.330. The molecule has 0 aliphatic rings. The molecule has 0 unspecified atom stereocenters. The van der Waals surface area contributed by atoms with Crippen LogP contribution >= 0.6 is 11.3 Å². The largest absolute Gasteiger partial charge is 0.494 e. The summed E-state index contributed by atoms with van der Waals surface area (Å²) in [7, 11) is 1.57. The average Bonchev–Trinajstić information content (AvgIpc) is 2.78. The highest BCUT2D eigenvalue weighted by Gasteiger charge is 2.08. The molecule has 1 heterocycles. The molecule has 102 valence electrons. The van der Waals surface area contributed by atoms with Crippen LogP contribution in [-0.2, 0) is 9.53 Å². The lowest BCUT2D eigenvalue weighted by Gasteiger charge is -2.00. The van der Waals surface area contributed by atoms with Crippen LogP contribution < -0.4 is 10.1 Å². The molecule has 0 aliphatic heterocycles. The predicted octanol–water partition coefficient (Wildman–Crippen LogP) is 2.67. The highest BCUT2D eigenvalue weighted by atomic mass is 32.1. The molecule has 0 radical (unpaired) electrons. The van der Waals surface area contributed by atoms with Crippen LogP contribution in [0.5, 0.6) is 5.75 Å². The fourth-order valence-electron chi connectivity index (χ4n) is 1.59. The molecule has 1 amide bonds. The molecule has 2 rings (SSSR count). The van der Waals surface area contributed by atoms with E-state index in [-0.39, 0.29) is 5.91 Å². The molecule has 0 spiro atoms. The van der Waals surface area contributed by atoms with Crippen LogP contribution in [0.3, 0.4) is 0 Å². The Morgan fingerprint density at radius 2 is 2.32 bits per heavy atom. The minimum atomic E-state index is -0.0917. The lowest BCUT2D eigenvalue weighted by molar-refractivity contribution is -0.117. The van der Waals surface area contributed by atoms with E-state index in [1.54, 1.807) is 7.11 Å². The number of ether oxygens (including phenoxy) is 2. The number of nitrogens with zero attached hydrogens (tertiary/aromatic N) is 1. The Labute approximate surface area is 115 Å². The summed E-state index contributed by atoms with van der Waals surface area (Å²) < 4.78 is 11.3. The molecule has 19 heavy (non-hydrogen) atoms. The first-order valence-electron chi connectivity index (χ1n) is 6.05. The van der Waals surface area contributed by atoms with Gasteiger partial charge in [-0.2, -0.15) is 0 Å². The van der Waals surface area contributed by atoms with E-state index in [9.17, 15) is 4.79 Å². The van der Waals surface area contributed by atoms with E-state index in [1.165, 1.54) is 11.3 Å². The molecule has 0 saturated carbocycles. The number of carbonyl (C=O) groups excluding carboxylic acids is 1. The summed E-state index contributed by atoms with van der Waals surface area (Å²) in [4.78, 5) is 15.9. The van der Waals surface area contributed by atoms with Crippen molar-refractivity contribution in [2.24, 2.45) is 0 Å². The van der Waals surface area contributed by atoms with Crippen molar-refractivity contribution in [1.82, 2.24) is 4.98 Å². The topological polar surface area (TPSA) is 60.5 Å². The maximum Gasteiger partial charge on any atom is 0.228 e. The first-order chi connectivity index (χ1) is 9.22. The Kier molecular flexibility index (Phi) is 4.70. The lowest BCUT2D eigenvalue weighted by atomic mass is 10.3. The summed E-state index contributed by atoms with van der Waals surface area (Å²) >= 11 is 1.44. The van der Waals surface area contributed by atoms with Crippen molar-refractivity contribution >= 4 is 32.6 Å². The van der Waals surface area contributed by atoms with Gasteiger partial charge in [0.05, 0.1) is 29.9 Å². The summed E-state index contributed by atoms with van der Waals surface area (Å²) in [6, 6.07) is 5.70. The molecule has 1 aromatic carbocycles. The zero-order valence-corrected chi connectivity index (χ0v) is 11.8. The molecule has 2 aromatic rings. The maximum atomic E-state index is 11.6. The van der Waals surface area contributed by atoms with Crippen LogP contribution in [0.25, 0.3) is 10.2 Å². The van der Waals surface area contributed by atoms with Crippen molar-refractivity contribution in [3.63, 3.8) is 0 Å². The fraction of sp³-hybridized carbons (Fsp3) is 0.385. The monoisotopic (exact) mass is 280 g/mol. The van der Waals surface area contributed by atoms with Gasteiger partial charge in [0, 0.05) is 7.11 Å². The number of hydrogen-bond acceptors (Lipinski definition) is 5. The molecule has 6 heteroatoms. The quantitative estimate of drug-likeness (QED) is 0.883. The van der Waals surface area contributed by atoms with Crippen LogP contribution in [-0.4, -0.2) is 31.2 Å². The number of rotatable bonds is 6.